The van der Waals surface area contributed by atoms with Gasteiger partial charge in [0.2, 0.25) is 0 Å². The van der Waals surface area contributed by atoms with Crippen molar-refractivity contribution in [3.05, 3.63) is 23.4 Å². The van der Waals surface area contributed by atoms with Crippen molar-refractivity contribution in [2.24, 2.45) is 17.8 Å². The van der Waals surface area contributed by atoms with Crippen LogP contribution in [0.4, 0.5) is 0 Å². The lowest BCUT2D eigenvalue weighted by Gasteiger charge is -2.36. The number of allylic oxidation sites excluding steroid dienone is 3. The van der Waals surface area contributed by atoms with Crippen LogP contribution in [0.3, 0.4) is 0 Å². The summed E-state index contributed by atoms with van der Waals surface area (Å²) >= 11 is 0. The molecule has 0 fully saturated rings. The van der Waals surface area contributed by atoms with Gasteiger partial charge >= 0.3 is 0 Å². The van der Waals surface area contributed by atoms with Crippen molar-refractivity contribution < 1.29 is 4.79 Å². The zero-order chi connectivity index (χ0) is 15.4. The summed E-state index contributed by atoms with van der Waals surface area (Å²) in [5.41, 5.74) is 3.37. The fourth-order valence-electron chi connectivity index (χ4n) is 2.89. The topological polar surface area (TPSA) is 20.3 Å². The number of nitrogens with zero attached hydrogens (tertiary/aromatic N) is 1. The van der Waals surface area contributed by atoms with E-state index in [1.165, 1.54) is 5.70 Å². The Kier molecular flexibility index (Phi) is 6.04. The summed E-state index contributed by atoms with van der Waals surface area (Å²) in [5.74, 6) is 1.84. The van der Waals surface area contributed by atoms with Gasteiger partial charge in [-0.2, -0.15) is 0 Å². The van der Waals surface area contributed by atoms with Crippen molar-refractivity contribution in [1.29, 1.82) is 0 Å². The lowest BCUT2D eigenvalue weighted by atomic mass is 9.82. The smallest absolute Gasteiger partial charge is 0.160 e. The molecule has 0 radical (unpaired) electrons. The average Bonchev–Trinajstić information content (AvgIpc) is 2.30. The van der Waals surface area contributed by atoms with Gasteiger partial charge in [0.05, 0.1) is 0 Å². The zero-order valence-corrected chi connectivity index (χ0v) is 14.1. The number of hydrogen-bond acceptors (Lipinski definition) is 2. The quantitative estimate of drug-likeness (QED) is 0.669. The lowest BCUT2D eigenvalue weighted by Crippen LogP contribution is -2.35. The molecule has 20 heavy (non-hydrogen) atoms. The second kappa shape index (κ2) is 7.10. The maximum atomic E-state index is 12.3. The molecule has 0 saturated heterocycles. The maximum Gasteiger partial charge on any atom is 0.160 e. The number of carbonyl (C=O) groups is 1. The van der Waals surface area contributed by atoms with E-state index in [9.17, 15) is 4.79 Å². The monoisotopic (exact) mass is 277 g/mol. The summed E-state index contributed by atoms with van der Waals surface area (Å²) in [7, 11) is 0. The minimum Gasteiger partial charge on any atom is -0.374 e. The Morgan fingerprint density at radius 1 is 1.20 bits per heavy atom. The number of rotatable bonds is 6. The van der Waals surface area contributed by atoms with Crippen LogP contribution in [0.5, 0.6) is 0 Å². The third-order valence-electron chi connectivity index (χ3n) is 3.97. The van der Waals surface area contributed by atoms with Crippen LogP contribution < -0.4 is 0 Å². The molecule has 2 nitrogen and oxygen atoms in total. The van der Waals surface area contributed by atoms with Crippen molar-refractivity contribution in [1.82, 2.24) is 4.90 Å². The van der Waals surface area contributed by atoms with E-state index in [4.69, 9.17) is 0 Å². The normalized spacial score (nSPS) is 20.0. The summed E-state index contributed by atoms with van der Waals surface area (Å²) in [5, 5.41) is 0. The van der Waals surface area contributed by atoms with Crippen molar-refractivity contribution in [2.45, 2.75) is 54.4 Å². The molecule has 0 aromatic carbocycles. The molecule has 0 saturated carbocycles. The summed E-state index contributed by atoms with van der Waals surface area (Å²) in [6, 6.07) is 0. The summed E-state index contributed by atoms with van der Waals surface area (Å²) in [4.78, 5) is 14.7. The highest BCUT2D eigenvalue weighted by molar-refractivity contribution is 5.96. The Morgan fingerprint density at radius 3 is 2.10 bits per heavy atom. The first-order chi connectivity index (χ1) is 9.22. The minimum absolute atomic E-state index is 0.303. The third kappa shape index (κ3) is 4.50. The van der Waals surface area contributed by atoms with E-state index in [-0.39, 0.29) is 0 Å². The molecular formula is C18H31NO. The number of hydrogen-bond donors (Lipinski definition) is 0. The molecule has 1 aliphatic rings. The lowest BCUT2D eigenvalue weighted by molar-refractivity contribution is -0.116. The highest BCUT2D eigenvalue weighted by Crippen LogP contribution is 2.33. The predicted octanol–water partition coefficient (Wildman–Crippen LogP) is 4.43. The molecule has 0 bridgehead atoms. The van der Waals surface area contributed by atoms with Gasteiger partial charge in [0, 0.05) is 30.8 Å². The van der Waals surface area contributed by atoms with Crippen molar-refractivity contribution in [3.63, 3.8) is 0 Å². The van der Waals surface area contributed by atoms with Gasteiger partial charge in [-0.3, -0.25) is 4.79 Å². The largest absolute Gasteiger partial charge is 0.374 e. The first kappa shape index (κ1) is 17.0. The van der Waals surface area contributed by atoms with Gasteiger partial charge in [-0.15, -0.1) is 0 Å². The Hall–Kier alpha value is -1.05. The molecule has 0 amide bonds. The summed E-state index contributed by atoms with van der Waals surface area (Å²) < 4.78 is 0. The second-order valence-electron chi connectivity index (χ2n) is 7.14. The third-order valence-corrected chi connectivity index (χ3v) is 3.97. The van der Waals surface area contributed by atoms with E-state index in [0.717, 1.165) is 30.7 Å². The number of ketones is 1. The molecule has 114 valence electrons. The zero-order valence-electron chi connectivity index (χ0n) is 14.1. The Balaban J connectivity index is 3.04. The van der Waals surface area contributed by atoms with Gasteiger partial charge in [-0.25, -0.2) is 0 Å². The molecular weight excluding hydrogens is 246 g/mol. The van der Waals surface area contributed by atoms with Gasteiger partial charge in [0.25, 0.3) is 0 Å². The Bertz CT molecular complexity index is 394. The molecule has 1 unspecified atom stereocenters. The van der Waals surface area contributed by atoms with E-state index in [2.05, 4.69) is 39.2 Å². The van der Waals surface area contributed by atoms with Gasteiger partial charge in [-0.05, 0) is 38.0 Å². The van der Waals surface area contributed by atoms with Crippen LogP contribution in [0.1, 0.15) is 54.4 Å². The Morgan fingerprint density at radius 2 is 1.70 bits per heavy atom. The van der Waals surface area contributed by atoms with Crippen LogP contribution in [-0.4, -0.2) is 23.8 Å². The summed E-state index contributed by atoms with van der Waals surface area (Å²) in [6.07, 6.45) is 1.62. The van der Waals surface area contributed by atoms with E-state index in [0.29, 0.717) is 30.0 Å². The van der Waals surface area contributed by atoms with Crippen LogP contribution in [0.15, 0.2) is 23.4 Å². The van der Waals surface area contributed by atoms with Crippen LogP contribution >= 0.6 is 0 Å². The highest BCUT2D eigenvalue weighted by atomic mass is 16.1. The average molecular weight is 277 g/mol. The molecule has 0 spiro atoms. The predicted molar refractivity (Wildman–Crippen MR) is 86.5 cm³/mol. The fraction of sp³-hybridized carbons (Fsp3) is 0.722. The number of carbonyl (C=O) groups excluding carboxylic acids is 1. The van der Waals surface area contributed by atoms with Gasteiger partial charge in [-0.1, -0.05) is 39.8 Å². The van der Waals surface area contributed by atoms with E-state index < -0.39 is 0 Å². The molecule has 0 aromatic heterocycles. The maximum absolute atomic E-state index is 12.3. The van der Waals surface area contributed by atoms with Crippen molar-refractivity contribution in [3.8, 4) is 0 Å². The van der Waals surface area contributed by atoms with Crippen molar-refractivity contribution >= 4 is 5.78 Å². The van der Waals surface area contributed by atoms with Gasteiger partial charge < -0.3 is 4.90 Å². The van der Waals surface area contributed by atoms with Crippen LogP contribution in [-0.2, 0) is 4.79 Å². The first-order valence-corrected chi connectivity index (χ1v) is 7.85. The van der Waals surface area contributed by atoms with Crippen LogP contribution in [0.25, 0.3) is 0 Å². The standard InChI is InChI=1S/C18H31NO/c1-12(2)10-19(11-13(3)4)17-8-16(14(5)6)9-18(20)15(17)7/h12-13,16H,5,8-11H2,1-4,6-7H3. The van der Waals surface area contributed by atoms with E-state index in [1.54, 1.807) is 0 Å². The van der Waals surface area contributed by atoms with Gasteiger partial charge in [0.1, 0.15) is 0 Å². The Labute approximate surface area is 124 Å². The van der Waals surface area contributed by atoms with Crippen molar-refractivity contribution in [2.75, 3.05) is 13.1 Å². The molecule has 1 aliphatic carbocycles. The first-order valence-electron chi connectivity index (χ1n) is 7.85. The highest BCUT2D eigenvalue weighted by Gasteiger charge is 2.28. The number of Topliss-reactive ketones (excluding diaryl/α,β-unsaturated/α-hetero) is 1. The second-order valence-corrected chi connectivity index (χ2v) is 7.14. The van der Waals surface area contributed by atoms with Crippen LogP contribution in [0.2, 0.25) is 0 Å². The molecule has 0 aliphatic heterocycles. The summed E-state index contributed by atoms with van der Waals surface area (Å²) in [6.45, 7) is 19.1. The van der Waals surface area contributed by atoms with E-state index >= 15 is 0 Å². The molecule has 0 heterocycles. The molecule has 2 heteroatoms. The molecule has 0 N–H and O–H groups in total. The fourth-order valence-corrected chi connectivity index (χ4v) is 2.89. The molecule has 0 aromatic rings. The molecule has 1 rings (SSSR count). The molecule has 1 atom stereocenters. The van der Waals surface area contributed by atoms with Gasteiger partial charge in [0.15, 0.2) is 5.78 Å². The minimum atomic E-state index is 0.303. The SMILES string of the molecule is C=C(C)C1CC(=O)C(C)=C(N(CC(C)C)CC(C)C)C1. The van der Waals surface area contributed by atoms with Crippen LogP contribution in [0, 0.1) is 17.8 Å². The van der Waals surface area contributed by atoms with E-state index in [1.807, 2.05) is 13.8 Å².